The Labute approximate surface area is 135 Å². The van der Waals surface area contributed by atoms with Gasteiger partial charge >= 0.3 is 0 Å². The molecule has 0 radical (unpaired) electrons. The number of para-hydroxylation sites is 2. The Morgan fingerprint density at radius 1 is 0.783 bits per heavy atom. The van der Waals surface area contributed by atoms with E-state index in [4.69, 9.17) is 9.47 Å². The van der Waals surface area contributed by atoms with Crippen molar-refractivity contribution in [3.8, 4) is 34.1 Å². The van der Waals surface area contributed by atoms with Crippen LogP contribution in [0.2, 0.25) is 0 Å². The number of benzene rings is 1. The van der Waals surface area contributed by atoms with Crippen LogP contribution in [0.4, 0.5) is 0 Å². The van der Waals surface area contributed by atoms with Gasteiger partial charge in [-0.15, -0.1) is 0 Å². The lowest BCUT2D eigenvalue weighted by Gasteiger charge is -2.04. The van der Waals surface area contributed by atoms with Crippen molar-refractivity contribution in [2.45, 2.75) is 13.8 Å². The molecular formula is C19H20NO3+. The van der Waals surface area contributed by atoms with Crippen molar-refractivity contribution in [1.29, 1.82) is 0 Å². The Morgan fingerprint density at radius 2 is 1.39 bits per heavy atom. The average molecular weight is 310 g/mol. The van der Waals surface area contributed by atoms with Crippen LogP contribution in [0.1, 0.15) is 11.4 Å². The standard InChI is InChI=1S/C19H19NO3/c1-12-18-15(21)9-7-11-17(23-4)19(18)13(2)20(12)14-8-5-6-10-16(14)22-3/h5-11H,1-4H3/p+1. The first-order valence-electron chi connectivity index (χ1n) is 7.44. The predicted molar refractivity (Wildman–Crippen MR) is 88.8 cm³/mol. The van der Waals surface area contributed by atoms with Crippen LogP contribution in [0.15, 0.2) is 42.5 Å². The van der Waals surface area contributed by atoms with Crippen molar-refractivity contribution in [2.75, 3.05) is 14.2 Å². The summed E-state index contributed by atoms with van der Waals surface area (Å²) in [5.41, 5.74) is 4.55. The van der Waals surface area contributed by atoms with Gasteiger partial charge in [0.1, 0.15) is 22.6 Å². The zero-order chi connectivity index (χ0) is 16.6. The Balaban J connectivity index is 2.44. The van der Waals surface area contributed by atoms with Crippen LogP contribution in [-0.4, -0.2) is 19.3 Å². The van der Waals surface area contributed by atoms with E-state index >= 15 is 0 Å². The lowest BCUT2D eigenvalue weighted by atomic mass is 10.1. The summed E-state index contributed by atoms with van der Waals surface area (Å²) in [6, 6.07) is 13.2. The van der Waals surface area contributed by atoms with E-state index < -0.39 is 0 Å². The Morgan fingerprint density at radius 3 is 2.09 bits per heavy atom. The first kappa shape index (κ1) is 15.2. The quantitative estimate of drug-likeness (QED) is 0.754. The molecule has 0 atom stereocenters. The molecule has 0 saturated heterocycles. The molecule has 3 rings (SSSR count). The van der Waals surface area contributed by atoms with Crippen LogP contribution in [0.5, 0.6) is 17.2 Å². The van der Waals surface area contributed by atoms with E-state index in [9.17, 15) is 5.11 Å². The van der Waals surface area contributed by atoms with Crippen LogP contribution < -0.4 is 14.0 Å². The number of fused-ring (bicyclic) bond motifs is 1. The lowest BCUT2D eigenvalue weighted by Crippen LogP contribution is -2.34. The molecule has 2 aliphatic rings. The molecule has 0 unspecified atom stereocenters. The molecule has 1 aromatic carbocycles. The van der Waals surface area contributed by atoms with Gasteiger partial charge in [-0.05, 0) is 18.2 Å². The molecule has 1 aromatic rings. The highest BCUT2D eigenvalue weighted by molar-refractivity contribution is 5.79. The SMILES string of the molecule is COc1ccccc1-[n+]1c(C)c2c(O)cccc(OC)c-2c1C. The maximum Gasteiger partial charge on any atom is 0.253 e. The second-order valence-corrected chi connectivity index (χ2v) is 5.41. The fourth-order valence-corrected chi connectivity index (χ4v) is 3.19. The van der Waals surface area contributed by atoms with Gasteiger partial charge in [-0.25, -0.2) is 0 Å². The van der Waals surface area contributed by atoms with Gasteiger partial charge in [-0.3, -0.25) is 0 Å². The van der Waals surface area contributed by atoms with Crippen LogP contribution in [0.3, 0.4) is 0 Å². The van der Waals surface area contributed by atoms with E-state index in [-0.39, 0.29) is 5.75 Å². The second-order valence-electron chi connectivity index (χ2n) is 5.41. The van der Waals surface area contributed by atoms with Crippen LogP contribution in [0.25, 0.3) is 16.8 Å². The molecule has 4 nitrogen and oxygen atoms in total. The summed E-state index contributed by atoms with van der Waals surface area (Å²) in [5, 5.41) is 10.4. The summed E-state index contributed by atoms with van der Waals surface area (Å²) >= 11 is 0. The summed E-state index contributed by atoms with van der Waals surface area (Å²) in [6.07, 6.45) is 0. The van der Waals surface area contributed by atoms with Gasteiger partial charge in [0.2, 0.25) is 0 Å². The largest absolute Gasteiger partial charge is 0.507 e. The van der Waals surface area contributed by atoms with Crippen molar-refractivity contribution in [1.82, 2.24) is 0 Å². The van der Waals surface area contributed by atoms with Gasteiger partial charge in [-0.2, -0.15) is 4.57 Å². The first-order chi connectivity index (χ1) is 11.1. The van der Waals surface area contributed by atoms with Gasteiger partial charge in [0.15, 0.2) is 17.1 Å². The third-order valence-corrected chi connectivity index (χ3v) is 4.19. The van der Waals surface area contributed by atoms with E-state index in [1.807, 2.05) is 44.2 Å². The molecular weight excluding hydrogens is 290 g/mol. The number of nitrogens with zero attached hydrogens (tertiary/aromatic N) is 1. The molecule has 0 aromatic heterocycles. The maximum absolute atomic E-state index is 10.4. The molecule has 0 fully saturated rings. The smallest absolute Gasteiger partial charge is 0.253 e. The molecule has 118 valence electrons. The Hall–Kier alpha value is -2.75. The van der Waals surface area contributed by atoms with Gasteiger partial charge in [0.25, 0.3) is 5.69 Å². The molecule has 0 spiro atoms. The van der Waals surface area contributed by atoms with E-state index in [0.29, 0.717) is 0 Å². The van der Waals surface area contributed by atoms with Crippen LogP contribution in [0, 0.1) is 13.8 Å². The third-order valence-electron chi connectivity index (χ3n) is 4.19. The monoisotopic (exact) mass is 310 g/mol. The number of aromatic hydroxyl groups is 1. The van der Waals surface area contributed by atoms with Crippen LogP contribution in [-0.2, 0) is 0 Å². The summed E-state index contributed by atoms with van der Waals surface area (Å²) in [7, 11) is 3.30. The van der Waals surface area contributed by atoms with E-state index in [2.05, 4.69) is 4.57 Å². The van der Waals surface area contributed by atoms with Crippen LogP contribution >= 0.6 is 0 Å². The molecule has 1 N–H and O–H groups in total. The van der Waals surface area contributed by atoms with Gasteiger partial charge < -0.3 is 14.6 Å². The molecule has 0 amide bonds. The maximum atomic E-state index is 10.4. The Bertz CT molecular complexity index is 842. The second kappa shape index (κ2) is 5.80. The van der Waals surface area contributed by atoms with Crippen molar-refractivity contribution < 1.29 is 19.1 Å². The molecule has 0 saturated carbocycles. The number of aromatic nitrogens is 1. The number of hydrogen-bond donors (Lipinski definition) is 1. The van der Waals surface area contributed by atoms with Gasteiger partial charge in [0, 0.05) is 19.9 Å². The molecule has 1 aliphatic carbocycles. The minimum absolute atomic E-state index is 0.234. The summed E-state index contributed by atoms with van der Waals surface area (Å²) < 4.78 is 13.1. The summed E-state index contributed by atoms with van der Waals surface area (Å²) in [4.78, 5) is 0. The summed E-state index contributed by atoms with van der Waals surface area (Å²) in [6.45, 7) is 4.00. The molecule has 1 heterocycles. The first-order valence-corrected chi connectivity index (χ1v) is 7.44. The predicted octanol–water partition coefficient (Wildman–Crippen LogP) is 3.41. The molecule has 4 heteroatoms. The molecule has 1 aliphatic heterocycles. The van der Waals surface area contributed by atoms with Crippen molar-refractivity contribution in [3.05, 3.63) is 53.9 Å². The normalized spacial score (nSPS) is 10.8. The van der Waals surface area contributed by atoms with Crippen molar-refractivity contribution >= 4 is 0 Å². The van der Waals surface area contributed by atoms with E-state index in [0.717, 1.165) is 39.7 Å². The minimum Gasteiger partial charge on any atom is -0.507 e. The molecule has 0 bridgehead atoms. The highest BCUT2D eigenvalue weighted by Crippen LogP contribution is 2.41. The van der Waals surface area contributed by atoms with Crippen molar-refractivity contribution in [3.63, 3.8) is 0 Å². The zero-order valence-electron chi connectivity index (χ0n) is 13.8. The van der Waals surface area contributed by atoms with E-state index in [1.165, 1.54) is 0 Å². The fourth-order valence-electron chi connectivity index (χ4n) is 3.19. The number of ether oxygens (including phenoxy) is 2. The zero-order valence-corrected chi connectivity index (χ0v) is 13.8. The minimum atomic E-state index is 0.234. The number of methoxy groups -OCH3 is 2. The van der Waals surface area contributed by atoms with E-state index in [1.54, 1.807) is 26.4 Å². The lowest BCUT2D eigenvalue weighted by molar-refractivity contribution is -0.605. The number of hydrogen-bond acceptors (Lipinski definition) is 3. The van der Waals surface area contributed by atoms with Gasteiger partial charge in [0.05, 0.1) is 14.2 Å². The van der Waals surface area contributed by atoms with Gasteiger partial charge in [-0.1, -0.05) is 18.2 Å². The topological polar surface area (TPSA) is 42.6 Å². The molecule has 23 heavy (non-hydrogen) atoms. The van der Waals surface area contributed by atoms with Crippen molar-refractivity contribution in [2.24, 2.45) is 0 Å². The fraction of sp³-hybridized carbons (Fsp3) is 0.211. The summed E-state index contributed by atoms with van der Waals surface area (Å²) in [5.74, 6) is 1.74. The highest BCUT2D eigenvalue weighted by atomic mass is 16.5. The number of rotatable bonds is 3. The Kier molecular flexibility index (Phi) is 3.82. The highest BCUT2D eigenvalue weighted by Gasteiger charge is 2.33. The third kappa shape index (κ3) is 2.27. The average Bonchev–Trinajstić information content (AvgIpc) is 2.71.